The van der Waals surface area contributed by atoms with Crippen molar-refractivity contribution in [1.29, 1.82) is 0 Å². The van der Waals surface area contributed by atoms with Crippen LogP contribution in [-0.4, -0.2) is 17.4 Å². The lowest BCUT2D eigenvalue weighted by Crippen LogP contribution is -1.89. The number of aromatic hydroxyl groups is 1. The van der Waals surface area contributed by atoms with Gasteiger partial charge in [-0.05, 0) is 12.1 Å². The van der Waals surface area contributed by atoms with Gasteiger partial charge in [0.25, 0.3) is 0 Å². The summed E-state index contributed by atoms with van der Waals surface area (Å²) in [6.45, 7) is 0. The number of phenolic OH excluding ortho intramolecular Hbond substituents is 1. The Hall–Kier alpha value is -1.88. The lowest BCUT2D eigenvalue weighted by molar-refractivity contribution is 0.374. The molecule has 2 rings (SSSR count). The molecule has 0 fully saturated rings. The number of halogens is 1. The van der Waals surface area contributed by atoms with Crippen molar-refractivity contribution in [2.75, 3.05) is 12.8 Å². The number of rotatable bonds is 2. The molecule has 0 aliphatic rings. The van der Waals surface area contributed by atoms with E-state index in [-0.39, 0.29) is 17.4 Å². The number of nitrogens with two attached hydrogens (primary N) is 1. The Morgan fingerprint density at radius 1 is 1.44 bits per heavy atom. The average Bonchev–Trinajstić information content (AvgIpc) is 2.66. The zero-order chi connectivity index (χ0) is 11.7. The van der Waals surface area contributed by atoms with Gasteiger partial charge in [-0.25, -0.2) is 0 Å². The molecular formula is C10H9ClN2O3. The molecule has 1 heterocycles. The van der Waals surface area contributed by atoms with Gasteiger partial charge in [0.05, 0.1) is 23.9 Å². The third kappa shape index (κ3) is 1.55. The Bertz CT molecular complexity index is 525. The average molecular weight is 241 g/mol. The number of nitrogens with zero attached hydrogens (tertiary/aromatic N) is 1. The highest BCUT2D eigenvalue weighted by atomic mass is 35.5. The number of benzene rings is 1. The highest BCUT2D eigenvalue weighted by Crippen LogP contribution is 2.43. The maximum absolute atomic E-state index is 9.93. The fourth-order valence-corrected chi connectivity index (χ4v) is 1.64. The molecule has 1 aromatic carbocycles. The highest BCUT2D eigenvalue weighted by molar-refractivity contribution is 6.32. The second-order valence-corrected chi connectivity index (χ2v) is 3.49. The van der Waals surface area contributed by atoms with Crippen LogP contribution >= 0.6 is 11.6 Å². The van der Waals surface area contributed by atoms with E-state index in [2.05, 4.69) is 5.16 Å². The maximum atomic E-state index is 9.93. The van der Waals surface area contributed by atoms with E-state index in [0.717, 1.165) is 0 Å². The van der Waals surface area contributed by atoms with Gasteiger partial charge in [-0.1, -0.05) is 16.8 Å². The summed E-state index contributed by atoms with van der Waals surface area (Å²) >= 11 is 5.85. The molecule has 0 unspecified atom stereocenters. The van der Waals surface area contributed by atoms with Gasteiger partial charge in [-0.2, -0.15) is 0 Å². The Morgan fingerprint density at radius 3 is 2.75 bits per heavy atom. The number of hydrogen-bond donors (Lipinski definition) is 2. The first kappa shape index (κ1) is 10.6. The summed E-state index contributed by atoms with van der Waals surface area (Å²) in [5, 5.41) is 13.8. The van der Waals surface area contributed by atoms with Crippen LogP contribution in [0, 0.1) is 0 Å². The predicted octanol–water partition coefficient (Wildman–Crippen LogP) is 2.29. The summed E-state index contributed by atoms with van der Waals surface area (Å²) in [6.07, 6.45) is 1.41. The summed E-state index contributed by atoms with van der Waals surface area (Å²) in [7, 11) is 1.42. The van der Waals surface area contributed by atoms with Gasteiger partial charge in [0, 0.05) is 5.56 Å². The SMILES string of the molecule is COc1c(Cl)ccc(-c2cnoc2N)c1O. The largest absolute Gasteiger partial charge is 0.504 e. The second-order valence-electron chi connectivity index (χ2n) is 3.08. The molecule has 0 bridgehead atoms. The topological polar surface area (TPSA) is 81.5 Å². The minimum atomic E-state index is -0.0927. The zero-order valence-electron chi connectivity index (χ0n) is 8.40. The summed E-state index contributed by atoms with van der Waals surface area (Å²) in [5.41, 5.74) is 6.51. The van der Waals surface area contributed by atoms with E-state index in [9.17, 15) is 5.11 Å². The van der Waals surface area contributed by atoms with Gasteiger partial charge < -0.3 is 20.1 Å². The number of hydrogen-bond acceptors (Lipinski definition) is 5. The van der Waals surface area contributed by atoms with Crippen LogP contribution in [0.25, 0.3) is 11.1 Å². The molecule has 0 aliphatic carbocycles. The van der Waals surface area contributed by atoms with Crippen molar-refractivity contribution >= 4 is 17.5 Å². The van der Waals surface area contributed by atoms with Crippen LogP contribution in [-0.2, 0) is 0 Å². The lowest BCUT2D eigenvalue weighted by atomic mass is 10.1. The van der Waals surface area contributed by atoms with Crippen molar-refractivity contribution in [3.05, 3.63) is 23.4 Å². The van der Waals surface area contributed by atoms with Gasteiger partial charge in [-0.3, -0.25) is 0 Å². The van der Waals surface area contributed by atoms with Crippen LogP contribution in [0.5, 0.6) is 11.5 Å². The zero-order valence-corrected chi connectivity index (χ0v) is 9.15. The van der Waals surface area contributed by atoms with Crippen LogP contribution in [0.1, 0.15) is 0 Å². The molecule has 3 N–H and O–H groups in total. The monoisotopic (exact) mass is 240 g/mol. The third-order valence-corrected chi connectivity index (χ3v) is 2.47. The summed E-state index contributed by atoms with van der Waals surface area (Å²) in [4.78, 5) is 0. The number of anilines is 1. The van der Waals surface area contributed by atoms with Crippen LogP contribution in [0.4, 0.5) is 5.88 Å². The van der Waals surface area contributed by atoms with Gasteiger partial charge in [0.1, 0.15) is 0 Å². The Morgan fingerprint density at radius 2 is 2.19 bits per heavy atom. The van der Waals surface area contributed by atoms with E-state index in [1.165, 1.54) is 13.3 Å². The summed E-state index contributed by atoms with van der Waals surface area (Å²) in [5.74, 6) is 0.226. The summed E-state index contributed by atoms with van der Waals surface area (Å²) in [6, 6.07) is 3.21. The van der Waals surface area contributed by atoms with E-state index in [1.54, 1.807) is 12.1 Å². The van der Waals surface area contributed by atoms with Crippen molar-refractivity contribution in [1.82, 2.24) is 5.16 Å². The maximum Gasteiger partial charge on any atom is 0.230 e. The van der Waals surface area contributed by atoms with Crippen molar-refractivity contribution < 1.29 is 14.4 Å². The Labute approximate surface area is 96.4 Å². The third-order valence-electron chi connectivity index (χ3n) is 2.18. The quantitative estimate of drug-likeness (QED) is 0.842. The van der Waals surface area contributed by atoms with E-state index in [1.807, 2.05) is 0 Å². The number of methoxy groups -OCH3 is 1. The Kier molecular flexibility index (Phi) is 2.62. The molecular weight excluding hydrogens is 232 g/mol. The van der Waals surface area contributed by atoms with E-state index < -0.39 is 0 Å². The first-order valence-corrected chi connectivity index (χ1v) is 4.79. The van der Waals surface area contributed by atoms with E-state index in [0.29, 0.717) is 16.1 Å². The van der Waals surface area contributed by atoms with E-state index in [4.69, 9.17) is 26.6 Å². The van der Waals surface area contributed by atoms with E-state index >= 15 is 0 Å². The van der Waals surface area contributed by atoms with Gasteiger partial charge in [0.2, 0.25) is 5.88 Å². The fourth-order valence-electron chi connectivity index (χ4n) is 1.41. The number of aromatic nitrogens is 1. The molecule has 0 aliphatic heterocycles. The van der Waals surface area contributed by atoms with Gasteiger partial charge in [-0.15, -0.1) is 0 Å². The number of phenols is 1. The first-order valence-electron chi connectivity index (χ1n) is 4.41. The molecule has 5 nitrogen and oxygen atoms in total. The molecule has 0 saturated carbocycles. The number of ether oxygens (including phenoxy) is 1. The van der Waals surface area contributed by atoms with Gasteiger partial charge >= 0.3 is 0 Å². The van der Waals surface area contributed by atoms with Crippen molar-refractivity contribution in [2.45, 2.75) is 0 Å². The molecule has 0 saturated heterocycles. The smallest absolute Gasteiger partial charge is 0.230 e. The fraction of sp³-hybridized carbons (Fsp3) is 0.100. The van der Waals surface area contributed by atoms with Gasteiger partial charge in [0.15, 0.2) is 11.5 Å². The Balaban J connectivity index is 2.63. The molecule has 0 amide bonds. The minimum absolute atomic E-state index is 0.0927. The minimum Gasteiger partial charge on any atom is -0.504 e. The summed E-state index contributed by atoms with van der Waals surface area (Å²) < 4.78 is 9.70. The molecule has 0 atom stereocenters. The number of nitrogen functional groups attached to an aromatic ring is 1. The molecule has 0 spiro atoms. The standard InChI is InChI=1S/C10H9ClN2O3/c1-15-9-7(11)3-2-5(8(9)14)6-4-13-16-10(6)12/h2-4,14H,12H2,1H3. The molecule has 1 aromatic heterocycles. The molecule has 2 aromatic rings. The van der Waals surface area contributed by atoms with Crippen LogP contribution in [0.15, 0.2) is 22.9 Å². The molecule has 84 valence electrons. The van der Waals surface area contributed by atoms with Crippen molar-refractivity contribution in [2.24, 2.45) is 0 Å². The lowest BCUT2D eigenvalue weighted by Gasteiger charge is -2.09. The van der Waals surface area contributed by atoms with Crippen LogP contribution < -0.4 is 10.5 Å². The molecule has 6 heteroatoms. The highest BCUT2D eigenvalue weighted by Gasteiger charge is 2.17. The first-order chi connectivity index (χ1) is 7.65. The van der Waals surface area contributed by atoms with Crippen LogP contribution in [0.2, 0.25) is 5.02 Å². The second kappa shape index (κ2) is 3.94. The normalized spacial score (nSPS) is 10.4. The predicted molar refractivity (Wildman–Crippen MR) is 59.6 cm³/mol. The van der Waals surface area contributed by atoms with Crippen LogP contribution in [0.3, 0.4) is 0 Å². The van der Waals surface area contributed by atoms with Crippen molar-refractivity contribution in [3.63, 3.8) is 0 Å². The molecule has 16 heavy (non-hydrogen) atoms. The molecule has 0 radical (unpaired) electrons. The van der Waals surface area contributed by atoms with Crippen molar-refractivity contribution in [3.8, 4) is 22.6 Å².